The summed E-state index contributed by atoms with van der Waals surface area (Å²) in [5.41, 5.74) is 7.33. The molecule has 0 aliphatic rings. The zero-order chi connectivity index (χ0) is 14.6. The summed E-state index contributed by atoms with van der Waals surface area (Å²) in [6, 6.07) is 15.3. The Morgan fingerprint density at radius 2 is 1.75 bits per heavy atom. The van der Waals surface area contributed by atoms with Gasteiger partial charge in [0.05, 0.1) is 0 Å². The standard InChI is InChI=1S/C18H26N2/c1-18(12-7-13-19,14-20(2)3)17-11-6-9-15-8-4-5-10-16(15)17/h4-6,8-11H,7,12-14,19H2,1-3H3. The Balaban J connectivity index is 2.50. The number of benzene rings is 2. The number of likely N-dealkylation sites (N-methyl/N-ethyl adjacent to an activating group) is 1. The fourth-order valence-corrected chi connectivity index (χ4v) is 3.24. The van der Waals surface area contributed by atoms with E-state index in [1.165, 1.54) is 16.3 Å². The van der Waals surface area contributed by atoms with Crippen LogP contribution in [0, 0.1) is 0 Å². The molecule has 2 aromatic carbocycles. The summed E-state index contributed by atoms with van der Waals surface area (Å²) in [5.74, 6) is 0. The van der Waals surface area contributed by atoms with E-state index < -0.39 is 0 Å². The molecule has 0 spiro atoms. The van der Waals surface area contributed by atoms with Crippen molar-refractivity contribution in [2.45, 2.75) is 25.2 Å². The van der Waals surface area contributed by atoms with Crippen molar-refractivity contribution in [2.24, 2.45) is 5.73 Å². The van der Waals surface area contributed by atoms with Gasteiger partial charge in [-0.3, -0.25) is 0 Å². The zero-order valence-corrected chi connectivity index (χ0v) is 12.9. The molecule has 0 amide bonds. The minimum Gasteiger partial charge on any atom is -0.330 e. The fourth-order valence-electron chi connectivity index (χ4n) is 3.24. The Morgan fingerprint density at radius 3 is 2.45 bits per heavy atom. The predicted molar refractivity (Wildman–Crippen MR) is 88.1 cm³/mol. The van der Waals surface area contributed by atoms with Crippen LogP contribution in [0.5, 0.6) is 0 Å². The summed E-state index contributed by atoms with van der Waals surface area (Å²) in [5, 5.41) is 2.69. The molecule has 2 heteroatoms. The molecule has 1 atom stereocenters. The topological polar surface area (TPSA) is 29.3 Å². The van der Waals surface area contributed by atoms with Crippen LogP contribution < -0.4 is 5.73 Å². The van der Waals surface area contributed by atoms with E-state index in [1.54, 1.807) is 0 Å². The van der Waals surface area contributed by atoms with Gasteiger partial charge in [-0.1, -0.05) is 49.4 Å². The molecular formula is C18H26N2. The van der Waals surface area contributed by atoms with Crippen LogP contribution in [0.2, 0.25) is 0 Å². The Kier molecular flexibility index (Phi) is 4.79. The Hall–Kier alpha value is -1.38. The summed E-state index contributed by atoms with van der Waals surface area (Å²) >= 11 is 0. The second-order valence-electron chi connectivity index (χ2n) is 6.22. The van der Waals surface area contributed by atoms with Gasteiger partial charge in [-0.05, 0) is 49.8 Å². The lowest BCUT2D eigenvalue weighted by molar-refractivity contribution is 0.282. The third-order valence-electron chi connectivity index (χ3n) is 4.04. The smallest absolute Gasteiger partial charge is 0.00701 e. The van der Waals surface area contributed by atoms with Gasteiger partial charge in [0.1, 0.15) is 0 Å². The van der Waals surface area contributed by atoms with Gasteiger partial charge in [0.2, 0.25) is 0 Å². The van der Waals surface area contributed by atoms with E-state index in [-0.39, 0.29) is 5.41 Å². The first kappa shape index (κ1) is 15.0. The highest BCUT2D eigenvalue weighted by Gasteiger charge is 2.28. The molecule has 0 bridgehead atoms. The molecule has 0 radical (unpaired) electrons. The maximum absolute atomic E-state index is 5.74. The Bertz CT molecular complexity index is 557. The maximum atomic E-state index is 5.74. The van der Waals surface area contributed by atoms with Crippen molar-refractivity contribution in [3.05, 3.63) is 48.0 Å². The molecule has 108 valence electrons. The zero-order valence-electron chi connectivity index (χ0n) is 12.9. The van der Waals surface area contributed by atoms with Crippen LogP contribution in [0.3, 0.4) is 0 Å². The average molecular weight is 270 g/mol. The lowest BCUT2D eigenvalue weighted by atomic mass is 9.76. The van der Waals surface area contributed by atoms with E-state index in [1.807, 2.05) is 0 Å². The van der Waals surface area contributed by atoms with E-state index in [9.17, 15) is 0 Å². The minimum atomic E-state index is 0.143. The molecule has 0 saturated heterocycles. The second-order valence-corrected chi connectivity index (χ2v) is 6.22. The molecular weight excluding hydrogens is 244 g/mol. The first-order valence-corrected chi connectivity index (χ1v) is 7.40. The highest BCUT2D eigenvalue weighted by Crippen LogP contribution is 2.34. The number of nitrogens with two attached hydrogens (primary N) is 1. The minimum absolute atomic E-state index is 0.143. The van der Waals surface area contributed by atoms with Crippen LogP contribution in [0.1, 0.15) is 25.3 Å². The number of hydrogen-bond acceptors (Lipinski definition) is 2. The third-order valence-corrected chi connectivity index (χ3v) is 4.04. The van der Waals surface area contributed by atoms with E-state index in [2.05, 4.69) is 68.4 Å². The SMILES string of the molecule is CN(C)CC(C)(CCCN)c1cccc2ccccc12. The summed E-state index contributed by atoms with van der Waals surface area (Å²) in [4.78, 5) is 2.28. The van der Waals surface area contributed by atoms with Gasteiger partial charge in [0.15, 0.2) is 0 Å². The molecule has 0 aliphatic carbocycles. The molecule has 2 aromatic rings. The van der Waals surface area contributed by atoms with Gasteiger partial charge in [-0.15, -0.1) is 0 Å². The van der Waals surface area contributed by atoms with Crippen LogP contribution in [-0.2, 0) is 5.41 Å². The number of rotatable bonds is 6. The van der Waals surface area contributed by atoms with Crippen molar-refractivity contribution in [3.63, 3.8) is 0 Å². The van der Waals surface area contributed by atoms with Gasteiger partial charge in [-0.25, -0.2) is 0 Å². The first-order chi connectivity index (χ1) is 9.57. The molecule has 0 aromatic heterocycles. The van der Waals surface area contributed by atoms with Crippen molar-refractivity contribution in [2.75, 3.05) is 27.2 Å². The normalized spacial score (nSPS) is 14.7. The van der Waals surface area contributed by atoms with Gasteiger partial charge in [0, 0.05) is 12.0 Å². The van der Waals surface area contributed by atoms with Crippen LogP contribution in [0.25, 0.3) is 10.8 Å². The summed E-state index contributed by atoms with van der Waals surface area (Å²) in [7, 11) is 4.29. The summed E-state index contributed by atoms with van der Waals surface area (Å²) in [6.07, 6.45) is 2.18. The quantitative estimate of drug-likeness (QED) is 0.871. The van der Waals surface area contributed by atoms with Crippen LogP contribution in [0.15, 0.2) is 42.5 Å². The summed E-state index contributed by atoms with van der Waals surface area (Å²) < 4.78 is 0. The van der Waals surface area contributed by atoms with Crippen LogP contribution in [0.4, 0.5) is 0 Å². The van der Waals surface area contributed by atoms with Crippen LogP contribution in [-0.4, -0.2) is 32.1 Å². The summed E-state index contributed by atoms with van der Waals surface area (Å²) in [6.45, 7) is 4.17. The van der Waals surface area contributed by atoms with E-state index in [0.717, 1.165) is 25.9 Å². The lowest BCUT2D eigenvalue weighted by Gasteiger charge is -2.34. The fraction of sp³-hybridized carbons (Fsp3) is 0.444. The highest BCUT2D eigenvalue weighted by molar-refractivity contribution is 5.86. The van der Waals surface area contributed by atoms with Crippen molar-refractivity contribution in [1.82, 2.24) is 4.90 Å². The van der Waals surface area contributed by atoms with Gasteiger partial charge in [-0.2, -0.15) is 0 Å². The molecule has 0 heterocycles. The van der Waals surface area contributed by atoms with Crippen molar-refractivity contribution in [1.29, 1.82) is 0 Å². The maximum Gasteiger partial charge on any atom is 0.00701 e. The molecule has 2 nitrogen and oxygen atoms in total. The van der Waals surface area contributed by atoms with Gasteiger partial charge < -0.3 is 10.6 Å². The Morgan fingerprint density at radius 1 is 1.05 bits per heavy atom. The number of hydrogen-bond donors (Lipinski definition) is 1. The molecule has 2 rings (SSSR count). The number of nitrogens with zero attached hydrogens (tertiary/aromatic N) is 1. The lowest BCUT2D eigenvalue weighted by Crippen LogP contribution is -2.35. The van der Waals surface area contributed by atoms with Crippen molar-refractivity contribution < 1.29 is 0 Å². The molecule has 20 heavy (non-hydrogen) atoms. The third kappa shape index (κ3) is 3.20. The monoisotopic (exact) mass is 270 g/mol. The van der Waals surface area contributed by atoms with Gasteiger partial charge in [0.25, 0.3) is 0 Å². The molecule has 0 aliphatic heterocycles. The van der Waals surface area contributed by atoms with E-state index >= 15 is 0 Å². The van der Waals surface area contributed by atoms with E-state index in [0.29, 0.717) is 0 Å². The highest BCUT2D eigenvalue weighted by atomic mass is 15.1. The first-order valence-electron chi connectivity index (χ1n) is 7.40. The average Bonchev–Trinajstić information content (AvgIpc) is 2.44. The molecule has 0 saturated carbocycles. The predicted octanol–water partition coefficient (Wildman–Crippen LogP) is 3.40. The van der Waals surface area contributed by atoms with E-state index in [4.69, 9.17) is 5.73 Å². The molecule has 1 unspecified atom stereocenters. The largest absolute Gasteiger partial charge is 0.330 e. The second kappa shape index (κ2) is 6.38. The van der Waals surface area contributed by atoms with Crippen molar-refractivity contribution >= 4 is 10.8 Å². The Labute approximate surface area is 122 Å². The van der Waals surface area contributed by atoms with Crippen molar-refractivity contribution in [3.8, 4) is 0 Å². The molecule has 0 fully saturated rings. The molecule has 2 N–H and O–H groups in total. The number of fused-ring (bicyclic) bond motifs is 1. The van der Waals surface area contributed by atoms with Crippen LogP contribution >= 0.6 is 0 Å². The van der Waals surface area contributed by atoms with Gasteiger partial charge >= 0.3 is 0 Å².